The molecular weight excluding hydrogens is 196 g/mol. The Kier molecular flexibility index (Phi) is 3.19. The third kappa shape index (κ3) is 2.62. The number of hydrogen-bond donors (Lipinski definition) is 2. The van der Waals surface area contributed by atoms with E-state index in [1.54, 1.807) is 6.92 Å². The number of phenolic OH excluding ortho intramolecular Hbond substituents is 1. The van der Waals surface area contributed by atoms with Gasteiger partial charge < -0.3 is 14.9 Å². The molecule has 0 bridgehead atoms. The quantitative estimate of drug-likeness (QED) is 0.797. The number of ether oxygens (including phenoxy) is 1. The summed E-state index contributed by atoms with van der Waals surface area (Å²) in [6.07, 6.45) is 0.364. The molecule has 0 aromatic heterocycles. The molecule has 0 fully saturated rings. The zero-order valence-corrected chi connectivity index (χ0v) is 8.73. The molecular formula is C11H14O4. The number of rotatable bonds is 4. The van der Waals surface area contributed by atoms with Crippen molar-refractivity contribution in [3.8, 4) is 11.5 Å². The van der Waals surface area contributed by atoms with E-state index in [1.807, 2.05) is 0 Å². The minimum Gasteiger partial charge on any atom is -0.508 e. The van der Waals surface area contributed by atoms with E-state index in [0.29, 0.717) is 12.2 Å². The molecule has 4 heteroatoms. The van der Waals surface area contributed by atoms with Gasteiger partial charge in [0.05, 0.1) is 0 Å². The lowest BCUT2D eigenvalue weighted by atomic mass is 10.0. The molecule has 15 heavy (non-hydrogen) atoms. The Bertz CT molecular complexity index is 344. The highest BCUT2D eigenvalue weighted by atomic mass is 16.5. The third-order valence-electron chi connectivity index (χ3n) is 2.31. The monoisotopic (exact) mass is 210 g/mol. The number of carbonyl (C=O) groups is 1. The number of aromatic hydroxyl groups is 1. The summed E-state index contributed by atoms with van der Waals surface area (Å²) in [5.74, 6) is -0.450. The van der Waals surface area contributed by atoms with Gasteiger partial charge in [-0.3, -0.25) is 0 Å². The number of phenols is 1. The van der Waals surface area contributed by atoms with Crippen LogP contribution in [0.2, 0.25) is 0 Å². The van der Waals surface area contributed by atoms with Crippen LogP contribution in [-0.2, 0) is 4.79 Å². The van der Waals surface area contributed by atoms with Crippen LogP contribution in [0.4, 0.5) is 0 Å². The molecule has 1 atom stereocenters. The Hall–Kier alpha value is -1.71. The third-order valence-corrected chi connectivity index (χ3v) is 2.31. The first kappa shape index (κ1) is 11.4. The second kappa shape index (κ2) is 4.21. The molecule has 0 amide bonds. The first-order valence-corrected chi connectivity index (χ1v) is 4.69. The molecule has 0 aliphatic carbocycles. The SMILES string of the molecule is CC[C@@](C)(Oc1ccc(O)cc1)C(=O)O. The molecule has 0 radical (unpaired) electrons. The highest BCUT2D eigenvalue weighted by Gasteiger charge is 2.33. The molecule has 82 valence electrons. The van der Waals surface area contributed by atoms with Gasteiger partial charge in [-0.05, 0) is 37.6 Å². The van der Waals surface area contributed by atoms with Crippen molar-refractivity contribution in [2.45, 2.75) is 25.9 Å². The predicted molar refractivity (Wildman–Crippen MR) is 55.1 cm³/mol. The predicted octanol–water partition coefficient (Wildman–Crippen LogP) is 2.02. The first-order valence-electron chi connectivity index (χ1n) is 4.69. The van der Waals surface area contributed by atoms with Gasteiger partial charge >= 0.3 is 5.97 Å². The van der Waals surface area contributed by atoms with E-state index in [9.17, 15) is 4.79 Å². The van der Waals surface area contributed by atoms with E-state index >= 15 is 0 Å². The van der Waals surface area contributed by atoms with Crippen LogP contribution in [0.3, 0.4) is 0 Å². The molecule has 0 spiro atoms. The summed E-state index contributed by atoms with van der Waals surface area (Å²) < 4.78 is 5.36. The van der Waals surface area contributed by atoms with Gasteiger partial charge in [0.25, 0.3) is 0 Å². The van der Waals surface area contributed by atoms with Crippen LogP contribution in [0.15, 0.2) is 24.3 Å². The van der Waals surface area contributed by atoms with Crippen molar-refractivity contribution in [2.75, 3.05) is 0 Å². The minimum atomic E-state index is -1.23. The summed E-state index contributed by atoms with van der Waals surface area (Å²) in [4.78, 5) is 10.9. The number of hydrogen-bond acceptors (Lipinski definition) is 3. The highest BCUT2D eigenvalue weighted by Crippen LogP contribution is 2.23. The normalized spacial score (nSPS) is 14.3. The minimum absolute atomic E-state index is 0.121. The molecule has 4 nitrogen and oxygen atoms in total. The van der Waals surface area contributed by atoms with Crippen molar-refractivity contribution in [3.05, 3.63) is 24.3 Å². The van der Waals surface area contributed by atoms with Gasteiger partial charge in [0.1, 0.15) is 11.5 Å². The molecule has 0 aliphatic heterocycles. The average Bonchev–Trinajstić information content (AvgIpc) is 2.21. The number of aliphatic carboxylic acids is 1. The lowest BCUT2D eigenvalue weighted by Crippen LogP contribution is -2.40. The smallest absolute Gasteiger partial charge is 0.347 e. The average molecular weight is 210 g/mol. The molecule has 0 aliphatic rings. The summed E-state index contributed by atoms with van der Waals surface area (Å²) in [5.41, 5.74) is -1.23. The van der Waals surface area contributed by atoms with Crippen molar-refractivity contribution in [1.82, 2.24) is 0 Å². The topological polar surface area (TPSA) is 66.8 Å². The zero-order chi connectivity index (χ0) is 11.5. The molecule has 0 saturated carbocycles. The Balaban J connectivity index is 2.84. The van der Waals surface area contributed by atoms with Gasteiger partial charge in [-0.15, -0.1) is 0 Å². The summed E-state index contributed by atoms with van der Waals surface area (Å²) in [7, 11) is 0. The number of benzene rings is 1. The molecule has 0 unspecified atom stereocenters. The van der Waals surface area contributed by atoms with Crippen LogP contribution in [0.5, 0.6) is 11.5 Å². The lowest BCUT2D eigenvalue weighted by molar-refractivity contribution is -0.154. The maximum atomic E-state index is 10.9. The van der Waals surface area contributed by atoms with Crippen molar-refractivity contribution in [3.63, 3.8) is 0 Å². The van der Waals surface area contributed by atoms with Crippen molar-refractivity contribution in [2.24, 2.45) is 0 Å². The second-order valence-corrected chi connectivity index (χ2v) is 3.49. The van der Waals surface area contributed by atoms with Crippen LogP contribution in [0.25, 0.3) is 0 Å². The fraction of sp³-hybridized carbons (Fsp3) is 0.364. The van der Waals surface area contributed by atoms with E-state index in [2.05, 4.69) is 0 Å². The van der Waals surface area contributed by atoms with E-state index in [-0.39, 0.29) is 5.75 Å². The standard InChI is InChI=1S/C11H14O4/c1-3-11(2,10(13)14)15-9-6-4-8(12)5-7-9/h4-7,12H,3H2,1-2H3,(H,13,14)/t11-/m1/s1. The van der Waals surface area contributed by atoms with Crippen molar-refractivity contribution >= 4 is 5.97 Å². The van der Waals surface area contributed by atoms with Gasteiger partial charge in [0.2, 0.25) is 5.60 Å². The summed E-state index contributed by atoms with van der Waals surface area (Å²) in [6, 6.07) is 5.97. The fourth-order valence-electron chi connectivity index (χ4n) is 1.04. The van der Waals surface area contributed by atoms with Crippen LogP contribution in [-0.4, -0.2) is 21.8 Å². The maximum absolute atomic E-state index is 10.9. The van der Waals surface area contributed by atoms with E-state index in [1.165, 1.54) is 31.2 Å². The highest BCUT2D eigenvalue weighted by molar-refractivity contribution is 5.77. The molecule has 1 rings (SSSR count). The van der Waals surface area contributed by atoms with E-state index in [4.69, 9.17) is 14.9 Å². The van der Waals surface area contributed by atoms with Crippen LogP contribution in [0, 0.1) is 0 Å². The van der Waals surface area contributed by atoms with Gasteiger partial charge in [0.15, 0.2) is 0 Å². The van der Waals surface area contributed by atoms with Crippen molar-refractivity contribution in [1.29, 1.82) is 0 Å². The summed E-state index contributed by atoms with van der Waals surface area (Å²) >= 11 is 0. The van der Waals surface area contributed by atoms with Crippen molar-refractivity contribution < 1.29 is 19.7 Å². The molecule has 0 heterocycles. The Morgan fingerprint density at radius 1 is 1.40 bits per heavy atom. The number of carboxylic acids is 1. The Morgan fingerprint density at radius 3 is 2.33 bits per heavy atom. The van der Waals surface area contributed by atoms with E-state index < -0.39 is 11.6 Å². The van der Waals surface area contributed by atoms with Gasteiger partial charge in [-0.25, -0.2) is 4.79 Å². The molecule has 1 aromatic carbocycles. The van der Waals surface area contributed by atoms with Crippen LogP contribution in [0.1, 0.15) is 20.3 Å². The Morgan fingerprint density at radius 2 is 1.93 bits per heavy atom. The van der Waals surface area contributed by atoms with Crippen LogP contribution < -0.4 is 4.74 Å². The van der Waals surface area contributed by atoms with Gasteiger partial charge in [0, 0.05) is 0 Å². The zero-order valence-electron chi connectivity index (χ0n) is 8.73. The van der Waals surface area contributed by atoms with E-state index in [0.717, 1.165) is 0 Å². The summed E-state index contributed by atoms with van der Waals surface area (Å²) in [6.45, 7) is 3.26. The fourth-order valence-corrected chi connectivity index (χ4v) is 1.04. The lowest BCUT2D eigenvalue weighted by Gasteiger charge is -2.24. The molecule has 1 aromatic rings. The molecule has 0 saturated heterocycles. The van der Waals surface area contributed by atoms with Gasteiger partial charge in [-0.2, -0.15) is 0 Å². The van der Waals surface area contributed by atoms with Crippen LogP contribution >= 0.6 is 0 Å². The van der Waals surface area contributed by atoms with Gasteiger partial charge in [-0.1, -0.05) is 6.92 Å². The number of carboxylic acid groups (broad SMARTS) is 1. The molecule has 2 N–H and O–H groups in total. The second-order valence-electron chi connectivity index (χ2n) is 3.49. The maximum Gasteiger partial charge on any atom is 0.347 e. The summed E-state index contributed by atoms with van der Waals surface area (Å²) in [5, 5.41) is 18.0. The first-order chi connectivity index (χ1) is 6.98. The Labute approximate surface area is 88.1 Å². The largest absolute Gasteiger partial charge is 0.508 e.